The maximum absolute atomic E-state index is 12.8. The van der Waals surface area contributed by atoms with Gasteiger partial charge in [0.25, 0.3) is 0 Å². The molecule has 0 aliphatic carbocycles. The van der Waals surface area contributed by atoms with E-state index in [1.54, 1.807) is 6.92 Å². The summed E-state index contributed by atoms with van der Waals surface area (Å²) < 4.78 is 38.3. The molecule has 0 fully saturated rings. The Kier molecular flexibility index (Phi) is 5.93. The lowest BCUT2D eigenvalue weighted by molar-refractivity contribution is -0.137. The van der Waals surface area contributed by atoms with Crippen molar-refractivity contribution >= 4 is 17.6 Å². The van der Waals surface area contributed by atoms with Crippen LogP contribution in [0.15, 0.2) is 17.2 Å². The van der Waals surface area contributed by atoms with Crippen LogP contribution in [0, 0.1) is 0 Å². The number of rotatable bonds is 6. The number of alkyl halides is 3. The van der Waals surface area contributed by atoms with Crippen molar-refractivity contribution in [1.29, 1.82) is 0 Å². The number of nitrogens with zero attached hydrogens (tertiary/aromatic N) is 1. The smallest absolute Gasteiger partial charge is 0.395 e. The fourth-order valence-electron chi connectivity index (χ4n) is 1.32. The molecule has 1 rings (SSSR count). The minimum Gasteiger partial charge on any atom is -0.395 e. The van der Waals surface area contributed by atoms with Crippen LogP contribution < -0.4 is 5.32 Å². The highest BCUT2D eigenvalue weighted by Gasteiger charge is 2.31. The maximum atomic E-state index is 12.8. The molecule has 2 N–H and O–H groups in total. The van der Waals surface area contributed by atoms with Gasteiger partial charge in [-0.25, -0.2) is 4.98 Å². The zero-order valence-electron chi connectivity index (χ0n) is 10.8. The third kappa shape index (κ3) is 5.28. The number of aliphatic hydroxyl groups is 1. The van der Waals surface area contributed by atoms with Crippen molar-refractivity contribution in [3.05, 3.63) is 17.7 Å². The Balaban J connectivity index is 3.02. The van der Waals surface area contributed by atoms with Crippen LogP contribution in [0.2, 0.25) is 0 Å². The van der Waals surface area contributed by atoms with E-state index in [2.05, 4.69) is 10.3 Å². The van der Waals surface area contributed by atoms with Gasteiger partial charge < -0.3 is 10.4 Å². The first-order chi connectivity index (χ1) is 8.86. The van der Waals surface area contributed by atoms with Crippen LogP contribution in [-0.4, -0.2) is 28.5 Å². The predicted octanol–water partition coefficient (Wildman–Crippen LogP) is 3.40. The quantitative estimate of drug-likeness (QED) is 0.789. The lowest BCUT2D eigenvalue weighted by Gasteiger charge is -2.13. The molecule has 1 atom stereocenters. The molecule has 1 unspecified atom stereocenters. The molecule has 1 heterocycles. The second-order valence-corrected chi connectivity index (χ2v) is 5.57. The van der Waals surface area contributed by atoms with Gasteiger partial charge in [-0.05, 0) is 18.6 Å². The molecule has 3 nitrogen and oxygen atoms in total. The number of anilines is 1. The van der Waals surface area contributed by atoms with Gasteiger partial charge in [-0.2, -0.15) is 13.2 Å². The highest BCUT2D eigenvalue weighted by Crippen LogP contribution is 2.33. The third-order valence-corrected chi connectivity index (χ3v) is 3.27. The Morgan fingerprint density at radius 3 is 2.63 bits per heavy atom. The number of hydrogen-bond acceptors (Lipinski definition) is 4. The van der Waals surface area contributed by atoms with Crippen molar-refractivity contribution in [1.82, 2.24) is 4.98 Å². The van der Waals surface area contributed by atoms with Crippen molar-refractivity contribution in [2.45, 2.75) is 36.7 Å². The minimum absolute atomic E-state index is 0.111. The SMILES string of the molecule is CCCNc1cc(C(F)(F)F)cc(SC(C)CO)n1. The first kappa shape index (κ1) is 16.1. The summed E-state index contributed by atoms with van der Waals surface area (Å²) in [5.74, 6) is 0.212. The van der Waals surface area contributed by atoms with Gasteiger partial charge in [0.2, 0.25) is 0 Å². The van der Waals surface area contributed by atoms with Crippen molar-refractivity contribution < 1.29 is 18.3 Å². The molecule has 19 heavy (non-hydrogen) atoms. The lowest BCUT2D eigenvalue weighted by atomic mass is 10.2. The van der Waals surface area contributed by atoms with Crippen molar-refractivity contribution in [3.63, 3.8) is 0 Å². The zero-order valence-corrected chi connectivity index (χ0v) is 11.6. The summed E-state index contributed by atoms with van der Waals surface area (Å²) in [7, 11) is 0. The normalized spacial score (nSPS) is 13.4. The van der Waals surface area contributed by atoms with E-state index >= 15 is 0 Å². The average molecular weight is 294 g/mol. The van der Waals surface area contributed by atoms with Gasteiger partial charge >= 0.3 is 6.18 Å². The monoisotopic (exact) mass is 294 g/mol. The molecular weight excluding hydrogens is 277 g/mol. The first-order valence-corrected chi connectivity index (χ1v) is 6.85. The van der Waals surface area contributed by atoms with Crippen LogP contribution >= 0.6 is 11.8 Å². The van der Waals surface area contributed by atoms with E-state index in [-0.39, 0.29) is 22.7 Å². The summed E-state index contributed by atoms with van der Waals surface area (Å²) >= 11 is 1.12. The van der Waals surface area contributed by atoms with Crippen LogP contribution in [0.3, 0.4) is 0 Å². The van der Waals surface area contributed by atoms with Gasteiger partial charge in [0.05, 0.1) is 17.2 Å². The average Bonchev–Trinajstić information content (AvgIpc) is 2.34. The topological polar surface area (TPSA) is 45.1 Å². The first-order valence-electron chi connectivity index (χ1n) is 5.97. The van der Waals surface area contributed by atoms with Crippen molar-refractivity contribution in [2.75, 3.05) is 18.5 Å². The number of hydrogen-bond donors (Lipinski definition) is 2. The highest BCUT2D eigenvalue weighted by molar-refractivity contribution is 7.99. The maximum Gasteiger partial charge on any atom is 0.416 e. The molecule has 0 saturated heterocycles. The molecule has 0 bridgehead atoms. The van der Waals surface area contributed by atoms with Gasteiger partial charge in [-0.15, -0.1) is 11.8 Å². The molecule has 0 aliphatic heterocycles. The summed E-state index contributed by atoms with van der Waals surface area (Å²) in [4.78, 5) is 4.11. The molecule has 0 saturated carbocycles. The molecule has 0 radical (unpaired) electrons. The Hall–Kier alpha value is -0.950. The lowest BCUT2D eigenvalue weighted by Crippen LogP contribution is -2.10. The highest BCUT2D eigenvalue weighted by atomic mass is 32.2. The van der Waals surface area contributed by atoms with Gasteiger partial charge in [0.15, 0.2) is 0 Å². The van der Waals surface area contributed by atoms with E-state index in [1.165, 1.54) is 0 Å². The predicted molar refractivity (Wildman–Crippen MR) is 70.4 cm³/mol. The van der Waals surface area contributed by atoms with Crippen molar-refractivity contribution in [3.8, 4) is 0 Å². The Labute approximate surface area is 114 Å². The zero-order chi connectivity index (χ0) is 14.5. The van der Waals surface area contributed by atoms with Gasteiger partial charge in [-0.3, -0.25) is 0 Å². The summed E-state index contributed by atoms with van der Waals surface area (Å²) in [6, 6.07) is 2.01. The van der Waals surface area contributed by atoms with Gasteiger partial charge in [0.1, 0.15) is 5.82 Å². The number of aromatic nitrogens is 1. The van der Waals surface area contributed by atoms with E-state index in [9.17, 15) is 13.2 Å². The second-order valence-electron chi connectivity index (χ2n) is 4.11. The molecule has 1 aromatic heterocycles. The number of aliphatic hydroxyl groups excluding tert-OH is 1. The number of pyridine rings is 1. The summed E-state index contributed by atoms with van der Waals surface area (Å²) in [6.07, 6.45) is -3.60. The van der Waals surface area contributed by atoms with E-state index in [0.717, 1.165) is 30.3 Å². The van der Waals surface area contributed by atoms with E-state index in [0.29, 0.717) is 6.54 Å². The van der Waals surface area contributed by atoms with Crippen LogP contribution in [-0.2, 0) is 6.18 Å². The Bertz CT molecular complexity index is 412. The standard InChI is InChI=1S/C12H17F3N2OS/c1-3-4-16-10-5-9(12(13,14)15)6-11(17-10)19-8(2)7-18/h5-6,8,18H,3-4,7H2,1-2H3,(H,16,17). The number of nitrogens with one attached hydrogen (secondary N) is 1. The largest absolute Gasteiger partial charge is 0.416 e. The minimum atomic E-state index is -4.40. The van der Waals surface area contributed by atoms with E-state index in [4.69, 9.17) is 5.11 Å². The fourth-order valence-corrected chi connectivity index (χ4v) is 2.15. The van der Waals surface area contributed by atoms with Crippen LogP contribution in [0.4, 0.5) is 19.0 Å². The molecule has 1 aromatic rings. The van der Waals surface area contributed by atoms with Gasteiger partial charge in [0, 0.05) is 11.8 Å². The fraction of sp³-hybridized carbons (Fsp3) is 0.583. The Morgan fingerprint density at radius 1 is 1.42 bits per heavy atom. The molecule has 7 heteroatoms. The van der Waals surface area contributed by atoms with E-state index < -0.39 is 11.7 Å². The molecule has 0 aromatic carbocycles. The molecule has 0 spiro atoms. The molecule has 0 aliphatic rings. The summed E-state index contributed by atoms with van der Waals surface area (Å²) in [5.41, 5.74) is -0.728. The van der Waals surface area contributed by atoms with Crippen molar-refractivity contribution in [2.24, 2.45) is 0 Å². The molecular formula is C12H17F3N2OS. The third-order valence-electron chi connectivity index (χ3n) is 2.26. The summed E-state index contributed by atoms with van der Waals surface area (Å²) in [6.45, 7) is 4.10. The second kappa shape index (κ2) is 7.00. The van der Waals surface area contributed by atoms with Crippen LogP contribution in [0.5, 0.6) is 0 Å². The number of thioether (sulfide) groups is 1. The summed E-state index contributed by atoms with van der Waals surface area (Å²) in [5, 5.41) is 11.9. The Morgan fingerprint density at radius 2 is 2.11 bits per heavy atom. The van der Waals surface area contributed by atoms with Crippen LogP contribution in [0.25, 0.3) is 0 Å². The van der Waals surface area contributed by atoms with Gasteiger partial charge in [-0.1, -0.05) is 13.8 Å². The number of halogens is 3. The molecule has 108 valence electrons. The van der Waals surface area contributed by atoms with E-state index in [1.807, 2.05) is 6.92 Å². The van der Waals surface area contributed by atoms with Crippen LogP contribution in [0.1, 0.15) is 25.8 Å². The molecule has 0 amide bonds.